The number of amides is 1. The van der Waals surface area contributed by atoms with Gasteiger partial charge in [0.25, 0.3) is 5.91 Å². The van der Waals surface area contributed by atoms with Gasteiger partial charge in [-0.25, -0.2) is 5.43 Å². The predicted octanol–water partition coefficient (Wildman–Crippen LogP) is 3.72. The van der Waals surface area contributed by atoms with Crippen LogP contribution < -0.4 is 14.9 Å². The van der Waals surface area contributed by atoms with Gasteiger partial charge in [0.05, 0.1) is 32.2 Å². The summed E-state index contributed by atoms with van der Waals surface area (Å²) in [6.07, 6.45) is 0. The molecule has 1 aromatic heterocycles. The van der Waals surface area contributed by atoms with Crippen LogP contribution in [0.3, 0.4) is 0 Å². The number of hydrogen-bond acceptors (Lipinski definition) is 5. The summed E-state index contributed by atoms with van der Waals surface area (Å²) in [5.74, 6) is 1.03. The Hall–Kier alpha value is -3.61. The minimum atomic E-state index is -0.278. The first-order chi connectivity index (χ1) is 14.4. The molecular weight excluding hydrogens is 380 g/mol. The molecule has 0 spiro atoms. The van der Waals surface area contributed by atoms with Gasteiger partial charge >= 0.3 is 0 Å². The highest BCUT2D eigenvalue weighted by Gasteiger charge is 2.10. The third kappa shape index (κ3) is 4.86. The molecule has 0 atom stereocenters. The fourth-order valence-electron chi connectivity index (χ4n) is 3.13. The number of aromatic nitrogens is 2. The monoisotopic (exact) mass is 406 g/mol. The number of hydrogen-bond donors (Lipinski definition) is 1. The second-order valence-electron chi connectivity index (χ2n) is 6.99. The summed E-state index contributed by atoms with van der Waals surface area (Å²) in [4.78, 5) is 12.5. The van der Waals surface area contributed by atoms with Gasteiger partial charge in [0, 0.05) is 22.9 Å². The lowest BCUT2D eigenvalue weighted by Crippen LogP contribution is -2.19. The zero-order chi connectivity index (χ0) is 21.7. The second kappa shape index (κ2) is 9.26. The van der Waals surface area contributed by atoms with Crippen LogP contribution in [0.4, 0.5) is 0 Å². The van der Waals surface area contributed by atoms with Gasteiger partial charge < -0.3 is 9.47 Å². The summed E-state index contributed by atoms with van der Waals surface area (Å²) in [6, 6.07) is 14.9. The molecule has 1 N–H and O–H groups in total. The minimum Gasteiger partial charge on any atom is -0.497 e. The van der Waals surface area contributed by atoms with Crippen LogP contribution in [0.15, 0.2) is 53.6 Å². The number of hydrazone groups is 1. The van der Waals surface area contributed by atoms with E-state index in [4.69, 9.17) is 9.47 Å². The summed E-state index contributed by atoms with van der Waals surface area (Å²) in [6.45, 7) is 6.47. The molecule has 0 aliphatic carbocycles. The van der Waals surface area contributed by atoms with E-state index in [-0.39, 0.29) is 5.91 Å². The summed E-state index contributed by atoms with van der Waals surface area (Å²) in [7, 11) is 3.18. The molecule has 0 saturated heterocycles. The highest BCUT2D eigenvalue weighted by molar-refractivity contribution is 6.02. The Bertz CT molecular complexity index is 1070. The number of ether oxygens (including phenoxy) is 2. The van der Waals surface area contributed by atoms with Crippen molar-refractivity contribution >= 4 is 11.6 Å². The lowest BCUT2D eigenvalue weighted by Gasteiger charge is -2.10. The van der Waals surface area contributed by atoms with E-state index in [0.717, 1.165) is 22.5 Å². The van der Waals surface area contributed by atoms with E-state index < -0.39 is 0 Å². The van der Waals surface area contributed by atoms with Crippen LogP contribution in [-0.4, -0.2) is 35.6 Å². The lowest BCUT2D eigenvalue weighted by molar-refractivity contribution is 0.0955. The largest absolute Gasteiger partial charge is 0.497 e. The van der Waals surface area contributed by atoms with Gasteiger partial charge in [0.15, 0.2) is 0 Å². The Morgan fingerprint density at radius 2 is 1.80 bits per heavy atom. The topological polar surface area (TPSA) is 77.7 Å². The molecule has 1 amide bonds. The maximum atomic E-state index is 12.5. The minimum absolute atomic E-state index is 0.278. The second-order valence-corrected chi connectivity index (χ2v) is 6.99. The van der Waals surface area contributed by atoms with Crippen molar-refractivity contribution in [2.24, 2.45) is 5.10 Å². The highest BCUT2D eigenvalue weighted by Crippen LogP contribution is 2.25. The normalized spacial score (nSPS) is 11.3. The molecular formula is C23H26N4O3. The van der Waals surface area contributed by atoms with E-state index in [1.165, 1.54) is 0 Å². The first-order valence-electron chi connectivity index (χ1n) is 9.58. The van der Waals surface area contributed by atoms with E-state index >= 15 is 0 Å². The SMILES string of the molecule is COc1ccc(/C(C)=N/NC(=O)c2ccc(Cn3nc(C)cc3C)cc2)c(OC)c1. The van der Waals surface area contributed by atoms with E-state index in [9.17, 15) is 4.79 Å². The molecule has 0 bridgehead atoms. The van der Waals surface area contributed by atoms with Crippen LogP contribution in [0.1, 0.15) is 39.8 Å². The van der Waals surface area contributed by atoms with Gasteiger partial charge in [-0.3, -0.25) is 9.48 Å². The van der Waals surface area contributed by atoms with Crippen molar-refractivity contribution in [2.75, 3.05) is 14.2 Å². The fraction of sp³-hybridized carbons (Fsp3) is 0.261. The number of carbonyl (C=O) groups excluding carboxylic acids is 1. The molecule has 30 heavy (non-hydrogen) atoms. The molecule has 0 aliphatic heterocycles. The number of benzene rings is 2. The molecule has 0 aliphatic rings. The quantitative estimate of drug-likeness (QED) is 0.479. The molecule has 3 rings (SSSR count). The van der Waals surface area contributed by atoms with Crippen LogP contribution in [0, 0.1) is 13.8 Å². The average molecular weight is 406 g/mol. The van der Waals surface area contributed by atoms with Crippen LogP contribution in [0.2, 0.25) is 0 Å². The molecule has 7 nitrogen and oxygen atoms in total. The summed E-state index contributed by atoms with van der Waals surface area (Å²) in [5.41, 5.74) is 7.71. The van der Waals surface area contributed by atoms with Gasteiger partial charge in [-0.15, -0.1) is 0 Å². The molecule has 0 fully saturated rings. The number of nitrogens with zero attached hydrogens (tertiary/aromatic N) is 3. The van der Waals surface area contributed by atoms with Gasteiger partial charge in [-0.1, -0.05) is 12.1 Å². The number of carbonyl (C=O) groups is 1. The lowest BCUT2D eigenvalue weighted by atomic mass is 10.1. The first-order valence-corrected chi connectivity index (χ1v) is 9.58. The predicted molar refractivity (Wildman–Crippen MR) is 116 cm³/mol. The summed E-state index contributed by atoms with van der Waals surface area (Å²) < 4.78 is 12.5. The molecule has 0 unspecified atom stereocenters. The Kier molecular flexibility index (Phi) is 6.51. The van der Waals surface area contributed by atoms with Crippen molar-refractivity contribution in [3.63, 3.8) is 0 Å². The van der Waals surface area contributed by atoms with E-state index in [2.05, 4.69) is 15.6 Å². The highest BCUT2D eigenvalue weighted by atomic mass is 16.5. The maximum absolute atomic E-state index is 12.5. The van der Waals surface area contributed by atoms with Crippen LogP contribution in [-0.2, 0) is 6.54 Å². The molecule has 0 radical (unpaired) electrons. The zero-order valence-electron chi connectivity index (χ0n) is 17.9. The van der Waals surface area contributed by atoms with E-state index in [1.807, 2.05) is 55.8 Å². The standard InChI is InChI=1S/C23H26N4O3/c1-15-12-16(2)27(26-15)14-18-6-8-19(9-7-18)23(28)25-24-17(3)21-11-10-20(29-4)13-22(21)30-5/h6-13H,14H2,1-5H3,(H,25,28)/b24-17+. The van der Waals surface area contributed by atoms with Crippen molar-refractivity contribution in [2.45, 2.75) is 27.3 Å². The number of methoxy groups -OCH3 is 2. The van der Waals surface area contributed by atoms with Crippen LogP contribution in [0.5, 0.6) is 11.5 Å². The van der Waals surface area contributed by atoms with Gasteiger partial charge in [0.1, 0.15) is 11.5 Å². The van der Waals surface area contributed by atoms with Gasteiger partial charge in [0.2, 0.25) is 0 Å². The third-order valence-corrected chi connectivity index (χ3v) is 4.78. The van der Waals surface area contributed by atoms with E-state index in [0.29, 0.717) is 29.3 Å². The molecule has 156 valence electrons. The molecule has 1 heterocycles. The summed E-state index contributed by atoms with van der Waals surface area (Å²) >= 11 is 0. The maximum Gasteiger partial charge on any atom is 0.271 e. The Morgan fingerprint density at radius 3 is 2.40 bits per heavy atom. The number of nitrogens with one attached hydrogen (secondary N) is 1. The Labute approximate surface area is 176 Å². The van der Waals surface area contributed by atoms with Crippen LogP contribution >= 0.6 is 0 Å². The zero-order valence-corrected chi connectivity index (χ0v) is 17.9. The number of rotatable bonds is 7. The Morgan fingerprint density at radius 1 is 1.07 bits per heavy atom. The van der Waals surface area contributed by atoms with Gasteiger partial charge in [-0.2, -0.15) is 10.2 Å². The Balaban J connectivity index is 1.68. The fourth-order valence-corrected chi connectivity index (χ4v) is 3.13. The van der Waals surface area contributed by atoms with E-state index in [1.54, 1.807) is 32.4 Å². The van der Waals surface area contributed by atoms with Crippen molar-refractivity contribution in [3.05, 3.63) is 76.6 Å². The average Bonchev–Trinajstić information content (AvgIpc) is 3.08. The van der Waals surface area contributed by atoms with Crippen molar-refractivity contribution in [1.29, 1.82) is 0 Å². The molecule has 2 aromatic carbocycles. The van der Waals surface area contributed by atoms with Crippen LogP contribution in [0.25, 0.3) is 0 Å². The van der Waals surface area contributed by atoms with Crippen molar-refractivity contribution in [1.82, 2.24) is 15.2 Å². The summed E-state index contributed by atoms with van der Waals surface area (Å²) in [5, 5.41) is 8.69. The number of aryl methyl sites for hydroxylation is 2. The third-order valence-electron chi connectivity index (χ3n) is 4.78. The first kappa shape index (κ1) is 21.1. The molecule has 0 saturated carbocycles. The van der Waals surface area contributed by atoms with Crippen molar-refractivity contribution < 1.29 is 14.3 Å². The molecule has 7 heteroatoms. The van der Waals surface area contributed by atoms with Crippen molar-refractivity contribution in [3.8, 4) is 11.5 Å². The van der Waals surface area contributed by atoms with Gasteiger partial charge in [-0.05, 0) is 56.7 Å². The molecule has 3 aromatic rings. The smallest absolute Gasteiger partial charge is 0.271 e.